The molecule has 1 unspecified atom stereocenters. The Morgan fingerprint density at radius 1 is 1.05 bits per heavy atom. The molecule has 0 radical (unpaired) electrons. The van der Waals surface area contributed by atoms with Gasteiger partial charge in [0.1, 0.15) is 6.10 Å². The van der Waals surface area contributed by atoms with Crippen molar-refractivity contribution < 1.29 is 14.6 Å². The first-order valence-electron chi connectivity index (χ1n) is 8.16. The van der Waals surface area contributed by atoms with Crippen LogP contribution in [0.5, 0.6) is 0 Å². The summed E-state index contributed by atoms with van der Waals surface area (Å²) in [5.41, 5.74) is 1.30. The van der Waals surface area contributed by atoms with E-state index >= 15 is 0 Å². The normalized spacial score (nSPS) is 12.0. The van der Waals surface area contributed by atoms with E-state index in [1.54, 1.807) is 0 Å². The average molecular weight is 292 g/mol. The molecule has 0 saturated carbocycles. The number of rotatable bonds is 11. The number of benzene rings is 1. The molecule has 0 spiro atoms. The maximum atomic E-state index is 10.8. The van der Waals surface area contributed by atoms with Gasteiger partial charge in [0.05, 0.1) is 0 Å². The molecule has 0 aromatic heterocycles. The summed E-state index contributed by atoms with van der Waals surface area (Å²) in [5, 5.41) is 8.82. The van der Waals surface area contributed by atoms with Crippen molar-refractivity contribution in [3.05, 3.63) is 35.9 Å². The number of carboxylic acid groups (broad SMARTS) is 1. The Labute approximate surface area is 128 Å². The van der Waals surface area contributed by atoms with Gasteiger partial charge in [-0.2, -0.15) is 0 Å². The van der Waals surface area contributed by atoms with E-state index in [9.17, 15) is 4.79 Å². The van der Waals surface area contributed by atoms with Gasteiger partial charge in [0.25, 0.3) is 0 Å². The van der Waals surface area contributed by atoms with Crippen LogP contribution < -0.4 is 0 Å². The SMILES string of the molecule is CCCCCCCC(CCCc1ccccc1)OC(=O)O. The zero-order valence-electron chi connectivity index (χ0n) is 13.1. The molecule has 1 atom stereocenters. The summed E-state index contributed by atoms with van der Waals surface area (Å²) in [6, 6.07) is 10.3. The van der Waals surface area contributed by atoms with Crippen LogP contribution in [0.1, 0.15) is 63.9 Å². The van der Waals surface area contributed by atoms with Gasteiger partial charge in [-0.15, -0.1) is 0 Å². The highest BCUT2D eigenvalue weighted by molar-refractivity contribution is 5.57. The Morgan fingerprint density at radius 2 is 1.71 bits per heavy atom. The minimum atomic E-state index is -1.15. The van der Waals surface area contributed by atoms with E-state index in [-0.39, 0.29) is 6.10 Å². The lowest BCUT2D eigenvalue weighted by molar-refractivity contribution is 0.0426. The summed E-state index contributed by atoms with van der Waals surface area (Å²) >= 11 is 0. The number of ether oxygens (including phenoxy) is 1. The molecular formula is C18H28O3. The molecule has 0 fully saturated rings. The molecule has 1 aromatic carbocycles. The third-order valence-electron chi connectivity index (χ3n) is 3.73. The second-order valence-electron chi connectivity index (χ2n) is 5.59. The van der Waals surface area contributed by atoms with Crippen molar-refractivity contribution in [3.63, 3.8) is 0 Å². The molecule has 1 N–H and O–H groups in total. The number of carbonyl (C=O) groups is 1. The molecule has 3 nitrogen and oxygen atoms in total. The molecule has 0 aliphatic heterocycles. The zero-order chi connectivity index (χ0) is 15.3. The van der Waals surface area contributed by atoms with Crippen molar-refractivity contribution >= 4 is 6.16 Å². The largest absolute Gasteiger partial charge is 0.506 e. The maximum absolute atomic E-state index is 10.8. The fraction of sp³-hybridized carbons (Fsp3) is 0.611. The molecule has 3 heteroatoms. The molecule has 0 aliphatic rings. The monoisotopic (exact) mass is 292 g/mol. The van der Waals surface area contributed by atoms with Gasteiger partial charge in [0.2, 0.25) is 0 Å². The van der Waals surface area contributed by atoms with Crippen LogP contribution in [0.2, 0.25) is 0 Å². The van der Waals surface area contributed by atoms with Crippen LogP contribution in [0.15, 0.2) is 30.3 Å². The fourth-order valence-corrected chi connectivity index (χ4v) is 2.56. The van der Waals surface area contributed by atoms with Crippen molar-refractivity contribution in [1.82, 2.24) is 0 Å². The summed E-state index contributed by atoms with van der Waals surface area (Å²) < 4.78 is 5.01. The Hall–Kier alpha value is -1.51. The second-order valence-corrected chi connectivity index (χ2v) is 5.59. The van der Waals surface area contributed by atoms with Crippen molar-refractivity contribution in [2.24, 2.45) is 0 Å². The first-order chi connectivity index (χ1) is 10.2. The van der Waals surface area contributed by atoms with Gasteiger partial charge in [0, 0.05) is 0 Å². The highest BCUT2D eigenvalue weighted by atomic mass is 16.7. The van der Waals surface area contributed by atoms with Crippen molar-refractivity contribution in [1.29, 1.82) is 0 Å². The average Bonchev–Trinajstić information content (AvgIpc) is 2.47. The quantitative estimate of drug-likeness (QED) is 0.437. The van der Waals surface area contributed by atoms with E-state index in [4.69, 9.17) is 9.84 Å². The van der Waals surface area contributed by atoms with Gasteiger partial charge < -0.3 is 9.84 Å². The third kappa shape index (κ3) is 9.11. The van der Waals surface area contributed by atoms with Crippen LogP contribution in [-0.4, -0.2) is 17.4 Å². The van der Waals surface area contributed by atoms with Gasteiger partial charge in [-0.1, -0.05) is 62.9 Å². The first kappa shape index (κ1) is 17.5. The smallest absolute Gasteiger partial charge is 0.450 e. The van der Waals surface area contributed by atoms with E-state index in [2.05, 4.69) is 19.1 Å². The molecule has 118 valence electrons. The zero-order valence-corrected chi connectivity index (χ0v) is 13.1. The van der Waals surface area contributed by atoms with Crippen LogP contribution in [0.4, 0.5) is 4.79 Å². The first-order valence-corrected chi connectivity index (χ1v) is 8.16. The van der Waals surface area contributed by atoms with Gasteiger partial charge in [-0.3, -0.25) is 0 Å². The Bertz CT molecular complexity index is 375. The molecule has 1 rings (SSSR count). The summed E-state index contributed by atoms with van der Waals surface area (Å²) in [7, 11) is 0. The topological polar surface area (TPSA) is 46.5 Å². The van der Waals surface area contributed by atoms with Crippen LogP contribution in [-0.2, 0) is 11.2 Å². The van der Waals surface area contributed by atoms with Gasteiger partial charge in [-0.25, -0.2) is 4.79 Å². The highest BCUT2D eigenvalue weighted by Gasteiger charge is 2.13. The summed E-state index contributed by atoms with van der Waals surface area (Å²) in [5.74, 6) is 0. The van der Waals surface area contributed by atoms with Crippen LogP contribution in [0, 0.1) is 0 Å². The van der Waals surface area contributed by atoms with E-state index in [0.29, 0.717) is 0 Å². The van der Waals surface area contributed by atoms with E-state index < -0.39 is 6.16 Å². The Kier molecular flexibility index (Phi) is 9.34. The van der Waals surface area contributed by atoms with Gasteiger partial charge >= 0.3 is 6.16 Å². The standard InChI is InChI=1S/C18H28O3/c1-2-3-4-5-9-14-17(21-18(19)20)15-10-13-16-11-7-6-8-12-16/h6-8,11-12,17H,2-5,9-10,13-15H2,1H3,(H,19,20). The second kappa shape index (κ2) is 11.2. The number of hydrogen-bond acceptors (Lipinski definition) is 2. The summed E-state index contributed by atoms with van der Waals surface area (Å²) in [6.45, 7) is 2.19. The number of hydrogen-bond donors (Lipinski definition) is 1. The van der Waals surface area contributed by atoms with Crippen molar-refractivity contribution in [2.45, 2.75) is 70.8 Å². The van der Waals surface area contributed by atoms with E-state index in [1.165, 1.54) is 31.2 Å². The maximum Gasteiger partial charge on any atom is 0.506 e. The molecule has 0 amide bonds. The van der Waals surface area contributed by atoms with Crippen molar-refractivity contribution in [2.75, 3.05) is 0 Å². The third-order valence-corrected chi connectivity index (χ3v) is 3.73. The molecule has 0 bridgehead atoms. The lowest BCUT2D eigenvalue weighted by atomic mass is 10.0. The van der Waals surface area contributed by atoms with Gasteiger partial charge in [0.15, 0.2) is 0 Å². The molecule has 0 heterocycles. The number of aryl methyl sites for hydroxylation is 1. The van der Waals surface area contributed by atoms with Gasteiger partial charge in [-0.05, 0) is 37.7 Å². The van der Waals surface area contributed by atoms with Crippen LogP contribution >= 0.6 is 0 Å². The highest BCUT2D eigenvalue weighted by Crippen LogP contribution is 2.15. The Balaban J connectivity index is 2.23. The number of unbranched alkanes of at least 4 members (excludes halogenated alkanes) is 4. The molecule has 0 aliphatic carbocycles. The molecule has 1 aromatic rings. The predicted octanol–water partition coefficient (Wildman–Crippen LogP) is 5.43. The van der Waals surface area contributed by atoms with E-state index in [0.717, 1.165) is 32.1 Å². The summed E-state index contributed by atoms with van der Waals surface area (Å²) in [6.07, 6.45) is 8.29. The molecule has 21 heavy (non-hydrogen) atoms. The lowest BCUT2D eigenvalue weighted by Crippen LogP contribution is -2.17. The molecule has 0 saturated heterocycles. The predicted molar refractivity (Wildman–Crippen MR) is 85.7 cm³/mol. The van der Waals surface area contributed by atoms with E-state index in [1.807, 2.05) is 18.2 Å². The lowest BCUT2D eigenvalue weighted by Gasteiger charge is -2.15. The minimum Gasteiger partial charge on any atom is -0.450 e. The minimum absolute atomic E-state index is 0.146. The molecular weight excluding hydrogens is 264 g/mol. The fourth-order valence-electron chi connectivity index (χ4n) is 2.56. The Morgan fingerprint density at radius 3 is 2.38 bits per heavy atom. The van der Waals surface area contributed by atoms with Crippen LogP contribution in [0.25, 0.3) is 0 Å². The van der Waals surface area contributed by atoms with Crippen molar-refractivity contribution in [3.8, 4) is 0 Å². The summed E-state index contributed by atoms with van der Waals surface area (Å²) in [4.78, 5) is 10.8. The van der Waals surface area contributed by atoms with Crippen LogP contribution in [0.3, 0.4) is 0 Å².